The SMILES string of the molecule is [C-]#[N+]c1cn2c(NCc3c(F)ccc4c3CCO4)ncc(-c3[nH]ncc3Br)c2n1.[C-]#[N+]c1cn2c(NCc3c(F)ccc4c3CCO4)ncc(-c3cc(C(=O)N4CCN(C)CC4)nn3C)c2n1.[C-]#[N+]c1cn2c(NCc3c(F)ccc4c3CCO4)ncc(-c3ccnn3CCC)c2n1.[C-]#[N+]c1cn2c(NCc3c(F)ccc4c3CCO4)ncc(-c3ccnn3CCN(C)C)c2n1. The molecule has 12 aromatic heterocycles. The van der Waals surface area contributed by atoms with Gasteiger partial charge in [0.2, 0.25) is 46.4 Å². The van der Waals surface area contributed by atoms with Crippen LogP contribution in [-0.2, 0) is 72.0 Å². The molecule has 16 aromatic rings. The molecule has 131 heavy (non-hydrogen) atoms. The standard InChI is InChI=1S/C26H26FN9O2.C23H23FN8O.C22H20FN7O.C19H13BrFN7O/c1-28-23-15-36-24(31-23)18(21-12-20(32-34(21)3)25(37)35-9-7-33(2)8-10-35)14-30-26(36)29-13-17-16-6-11-38-22(16)5-4-19(17)27;1-25-21-14-31-22(29-21)17(19-6-8-28-32(19)10-9-30(2)3)13-27-23(31)26-12-16-15-7-11-33-20(15)5-4-18(16)24;1-3-9-30-18(6-8-27-30)16-12-26-22(29-13-20(24-2)28-21(16)29)25-11-15-14-7-10-31-19(14)5-4-17(15)23;1-22-16-9-28-18(26-16)12(17-13(20)8-25-27-17)7-24-19(28)23-6-11-10-4-5-29-15(10)3-2-14(11)21/h4-5,12,14-15H,6-11,13H2,2-3H3,(H,29,30);4-6,8,13-14H,7,9-12H2,2-3H3,(H,26,27);4-6,8,12-13H,3,7,9-11H2,1H3,(H,25,26);2-3,7-9H,4-6H2,(H,23,24)(H,25,27). The molecule has 0 saturated carbocycles. The highest BCUT2D eigenvalue weighted by atomic mass is 79.9. The Morgan fingerprint density at radius 2 is 0.847 bits per heavy atom. The highest BCUT2D eigenvalue weighted by Crippen LogP contribution is 2.40. The van der Waals surface area contributed by atoms with Gasteiger partial charge >= 0.3 is 0 Å². The van der Waals surface area contributed by atoms with Gasteiger partial charge in [0.25, 0.3) is 29.2 Å². The largest absolute Gasteiger partial charge is 0.493 e. The molecule has 0 aliphatic carbocycles. The Morgan fingerprint density at radius 1 is 0.489 bits per heavy atom. The minimum Gasteiger partial charge on any atom is -0.493 e. The average Bonchev–Trinajstić information content (AvgIpc) is 1.62. The number of hydrogen-bond acceptors (Lipinski definition) is 23. The van der Waals surface area contributed by atoms with Crippen molar-refractivity contribution in [2.24, 2.45) is 7.05 Å². The van der Waals surface area contributed by atoms with Crippen LogP contribution in [0.5, 0.6) is 23.0 Å². The van der Waals surface area contributed by atoms with E-state index in [1.54, 1.807) is 128 Å². The Hall–Kier alpha value is -15.9. The van der Waals surface area contributed by atoms with E-state index in [4.69, 9.17) is 45.2 Å². The average molecular weight is 1830 g/mol. The van der Waals surface area contributed by atoms with Crippen LogP contribution in [0.1, 0.15) is 68.3 Å². The molecule has 5 aliphatic rings. The van der Waals surface area contributed by atoms with Gasteiger partial charge in [-0.2, -0.15) is 20.4 Å². The van der Waals surface area contributed by atoms with Gasteiger partial charge in [0, 0.05) is 205 Å². The molecule has 0 radical (unpaired) electrons. The zero-order chi connectivity index (χ0) is 90.7. The lowest BCUT2D eigenvalue weighted by atomic mass is 10.0. The van der Waals surface area contributed by atoms with Gasteiger partial charge in [-0.3, -0.25) is 41.5 Å². The second kappa shape index (κ2) is 37.2. The number of aromatic amines is 1. The Bertz CT molecular complexity index is 7270. The number of hydrogen-bond donors (Lipinski definition) is 5. The molecule has 5 aliphatic heterocycles. The van der Waals surface area contributed by atoms with Gasteiger partial charge in [-0.15, -0.1) is 0 Å². The van der Waals surface area contributed by atoms with Crippen LogP contribution in [-0.4, -0.2) is 198 Å². The molecule has 0 atom stereocenters. The van der Waals surface area contributed by atoms with Crippen molar-refractivity contribution in [2.45, 2.75) is 78.3 Å². The van der Waals surface area contributed by atoms with Crippen LogP contribution in [0, 0.1) is 49.6 Å². The van der Waals surface area contributed by atoms with E-state index in [0.717, 1.165) is 99.1 Å². The summed E-state index contributed by atoms with van der Waals surface area (Å²) >= 11 is 3.44. The molecule has 21 rings (SSSR count). The Balaban J connectivity index is 0.000000118. The third kappa shape index (κ3) is 17.3. The fourth-order valence-electron chi connectivity index (χ4n) is 16.5. The number of benzene rings is 4. The van der Waals surface area contributed by atoms with Crippen LogP contribution in [0.3, 0.4) is 0 Å². The fraction of sp³-hybridized carbons (Fsp3) is 0.278. The third-order valence-electron chi connectivity index (χ3n) is 23.0. The molecule has 662 valence electrons. The number of nitrogens with one attached hydrogen (secondary N) is 5. The van der Waals surface area contributed by atoms with Crippen LogP contribution in [0.4, 0.5) is 64.6 Å². The minimum absolute atomic E-state index is 0.117. The molecule has 4 aromatic carbocycles. The van der Waals surface area contributed by atoms with Crippen molar-refractivity contribution in [3.63, 3.8) is 0 Å². The maximum atomic E-state index is 14.7. The Kier molecular flexibility index (Phi) is 24.4. The number of anilines is 4. The first-order valence-corrected chi connectivity index (χ1v) is 42.7. The molecule has 0 unspecified atom stereocenters. The number of fused-ring (bicyclic) bond motifs is 8. The van der Waals surface area contributed by atoms with E-state index in [9.17, 15) is 22.4 Å². The number of imidazole rings is 4. The summed E-state index contributed by atoms with van der Waals surface area (Å²) in [5.74, 6) is 4.39. The van der Waals surface area contributed by atoms with Crippen LogP contribution in [0.15, 0.2) is 139 Å². The van der Waals surface area contributed by atoms with Crippen LogP contribution < -0.4 is 40.2 Å². The van der Waals surface area contributed by atoms with Crippen molar-refractivity contribution < 1.29 is 41.3 Å². The number of likely N-dealkylation sites (N-methyl/N-ethyl adjacent to an activating group) is 2. The molecule has 1 fully saturated rings. The summed E-state index contributed by atoms with van der Waals surface area (Å²) in [6.07, 6.45) is 21.9. The second-order valence-electron chi connectivity index (χ2n) is 31.3. The maximum absolute atomic E-state index is 14.7. The van der Waals surface area contributed by atoms with Gasteiger partial charge in [-0.25, -0.2) is 37.5 Å². The summed E-state index contributed by atoms with van der Waals surface area (Å²) in [5.41, 5.74) is 14.3. The molecule has 17 heterocycles. The topological polar surface area (TPSA) is 332 Å². The number of amides is 1. The van der Waals surface area contributed by atoms with E-state index in [1.165, 1.54) is 24.3 Å². The van der Waals surface area contributed by atoms with Crippen molar-refractivity contribution in [2.75, 3.05) is 102 Å². The van der Waals surface area contributed by atoms with Crippen molar-refractivity contribution >= 4 is 91.5 Å². The molecule has 36 nitrogen and oxygen atoms in total. The highest BCUT2D eigenvalue weighted by Gasteiger charge is 2.31. The summed E-state index contributed by atoms with van der Waals surface area (Å²) in [5, 5.41) is 33.0. The summed E-state index contributed by atoms with van der Waals surface area (Å²) in [4.78, 5) is 69.1. The van der Waals surface area contributed by atoms with E-state index in [2.05, 4.69) is 139 Å². The monoisotopic (exact) mass is 1830 g/mol. The number of ether oxygens (including phenoxy) is 4. The van der Waals surface area contributed by atoms with Crippen molar-refractivity contribution in [1.82, 2.24) is 112 Å². The quantitative estimate of drug-likeness (QED) is 0.0311. The van der Waals surface area contributed by atoms with E-state index >= 15 is 0 Å². The van der Waals surface area contributed by atoms with Crippen molar-refractivity contribution in [1.29, 1.82) is 0 Å². The number of aromatic nitrogens is 20. The third-order valence-corrected chi connectivity index (χ3v) is 23.6. The van der Waals surface area contributed by atoms with Gasteiger partial charge in [0.05, 0.1) is 88.7 Å². The van der Waals surface area contributed by atoms with Crippen molar-refractivity contribution in [3.05, 3.63) is 259 Å². The molecule has 5 N–H and O–H groups in total. The zero-order valence-corrected chi connectivity index (χ0v) is 73.0. The molecular formula is C90H82BrF4N31O5. The van der Waals surface area contributed by atoms with E-state index in [1.807, 2.05) is 47.5 Å². The first kappa shape index (κ1) is 85.9. The molecular weight excluding hydrogens is 1750 g/mol. The molecule has 1 amide bonds. The number of H-pyrrole nitrogens is 1. The number of halogens is 5. The van der Waals surface area contributed by atoms with Gasteiger partial charge in [-0.05, 0) is 110 Å². The predicted octanol–water partition coefficient (Wildman–Crippen LogP) is 14.5. The number of nitrogens with zero attached hydrogens (tertiary/aromatic N) is 26. The molecule has 1 saturated heterocycles. The summed E-state index contributed by atoms with van der Waals surface area (Å²) < 4.78 is 93.4. The van der Waals surface area contributed by atoms with Crippen molar-refractivity contribution in [3.8, 4) is 68.0 Å². The number of rotatable bonds is 22. The van der Waals surface area contributed by atoms with Crippen LogP contribution in [0.25, 0.3) is 87.0 Å². The lowest BCUT2D eigenvalue weighted by molar-refractivity contribution is 0.0657. The lowest BCUT2D eigenvalue weighted by Gasteiger charge is -2.31. The lowest BCUT2D eigenvalue weighted by Crippen LogP contribution is -2.47. The second-order valence-corrected chi connectivity index (χ2v) is 32.2. The molecule has 0 bridgehead atoms. The highest BCUT2D eigenvalue weighted by molar-refractivity contribution is 9.10. The number of carbonyl (C=O) groups is 1. The number of carbonyl (C=O) groups excluding carboxylic acids is 1. The molecule has 41 heteroatoms. The number of aryl methyl sites for hydroxylation is 2. The van der Waals surface area contributed by atoms with E-state index in [0.29, 0.717) is 174 Å². The maximum Gasteiger partial charge on any atom is 0.288 e. The van der Waals surface area contributed by atoms with Crippen LogP contribution in [0.2, 0.25) is 0 Å². The smallest absolute Gasteiger partial charge is 0.288 e. The first-order chi connectivity index (χ1) is 63.8. The predicted molar refractivity (Wildman–Crippen MR) is 481 cm³/mol. The summed E-state index contributed by atoms with van der Waals surface area (Å²) in [7, 11) is 7.82. The first-order valence-electron chi connectivity index (χ1n) is 41.9. The Morgan fingerprint density at radius 3 is 1.20 bits per heavy atom. The summed E-state index contributed by atoms with van der Waals surface area (Å²) in [6, 6.07) is 17.9. The fourth-order valence-corrected chi connectivity index (χ4v) is 16.9. The van der Waals surface area contributed by atoms with Gasteiger partial charge in [-0.1, -0.05) is 53.1 Å². The van der Waals surface area contributed by atoms with Gasteiger partial charge < -0.3 is 74.3 Å². The van der Waals surface area contributed by atoms with E-state index < -0.39 is 0 Å². The summed E-state index contributed by atoms with van der Waals surface area (Å²) in [6.45, 7) is 40.0. The van der Waals surface area contributed by atoms with Gasteiger partial charge in [0.1, 0.15) is 46.3 Å². The normalized spacial score (nSPS) is 13.4. The minimum atomic E-state index is -0.311. The molecule has 0 spiro atoms. The Labute approximate surface area is 753 Å². The van der Waals surface area contributed by atoms with Gasteiger partial charge in [0.15, 0.2) is 5.69 Å². The number of piperazine rings is 1. The zero-order valence-electron chi connectivity index (χ0n) is 71.4. The van der Waals surface area contributed by atoms with Crippen LogP contribution >= 0.6 is 15.9 Å². The van der Waals surface area contributed by atoms with E-state index in [-0.39, 0.29) is 78.6 Å².